The highest BCUT2D eigenvalue weighted by Crippen LogP contribution is 2.07. The van der Waals surface area contributed by atoms with E-state index in [1.165, 1.54) is 19.0 Å². The Bertz CT molecular complexity index is 303. The van der Waals surface area contributed by atoms with Crippen LogP contribution < -0.4 is 10.6 Å². The number of nitrogens with zero attached hydrogens (tertiary/aromatic N) is 1. The second kappa shape index (κ2) is 4.93. The van der Waals surface area contributed by atoms with Crippen LogP contribution in [0.15, 0.2) is 12.4 Å². The Labute approximate surface area is 88.6 Å². The monoisotopic (exact) mass is 208 g/mol. The third-order valence-corrected chi connectivity index (χ3v) is 2.70. The van der Waals surface area contributed by atoms with Gasteiger partial charge in [0, 0.05) is 18.8 Å². The van der Waals surface area contributed by atoms with Gasteiger partial charge in [0.15, 0.2) is 0 Å². The van der Waals surface area contributed by atoms with Crippen LogP contribution in [0, 0.1) is 0 Å². The summed E-state index contributed by atoms with van der Waals surface area (Å²) in [6.07, 6.45) is 6.61. The summed E-state index contributed by atoms with van der Waals surface area (Å²) in [7, 11) is 0. The summed E-state index contributed by atoms with van der Waals surface area (Å²) in [4.78, 5) is 11.5. The average molecular weight is 208 g/mol. The first-order chi connectivity index (χ1) is 7.36. The van der Waals surface area contributed by atoms with E-state index in [0.717, 1.165) is 19.5 Å². The Morgan fingerprint density at radius 1 is 1.67 bits per heavy atom. The van der Waals surface area contributed by atoms with E-state index >= 15 is 0 Å². The SMILES string of the molecule is O=C(NCC[C@H]1CCCN1)c1cn[nH]c1. The van der Waals surface area contributed by atoms with E-state index in [9.17, 15) is 4.79 Å². The highest BCUT2D eigenvalue weighted by molar-refractivity contribution is 5.93. The molecule has 0 aliphatic carbocycles. The smallest absolute Gasteiger partial charge is 0.254 e. The highest BCUT2D eigenvalue weighted by atomic mass is 16.1. The van der Waals surface area contributed by atoms with Gasteiger partial charge in [0.2, 0.25) is 0 Å². The molecule has 1 aliphatic heterocycles. The molecule has 3 N–H and O–H groups in total. The maximum Gasteiger partial charge on any atom is 0.254 e. The van der Waals surface area contributed by atoms with Crippen molar-refractivity contribution >= 4 is 5.91 Å². The van der Waals surface area contributed by atoms with Gasteiger partial charge in [-0.15, -0.1) is 0 Å². The molecule has 1 atom stereocenters. The number of nitrogens with one attached hydrogen (secondary N) is 3. The first-order valence-corrected chi connectivity index (χ1v) is 5.36. The van der Waals surface area contributed by atoms with Crippen molar-refractivity contribution in [3.8, 4) is 0 Å². The van der Waals surface area contributed by atoms with E-state index in [2.05, 4.69) is 20.8 Å². The van der Waals surface area contributed by atoms with Gasteiger partial charge in [-0.3, -0.25) is 9.89 Å². The van der Waals surface area contributed by atoms with Gasteiger partial charge < -0.3 is 10.6 Å². The molecular weight excluding hydrogens is 192 g/mol. The zero-order valence-electron chi connectivity index (χ0n) is 8.62. The minimum atomic E-state index is -0.0539. The lowest BCUT2D eigenvalue weighted by Gasteiger charge is -2.09. The van der Waals surface area contributed by atoms with Crippen LogP contribution in [0.4, 0.5) is 0 Å². The molecule has 1 saturated heterocycles. The Balaban J connectivity index is 1.67. The lowest BCUT2D eigenvalue weighted by molar-refractivity contribution is 0.0952. The van der Waals surface area contributed by atoms with Gasteiger partial charge in [0.05, 0.1) is 11.8 Å². The number of aromatic amines is 1. The quantitative estimate of drug-likeness (QED) is 0.665. The number of amides is 1. The zero-order chi connectivity index (χ0) is 10.5. The van der Waals surface area contributed by atoms with Crippen molar-refractivity contribution in [3.05, 3.63) is 18.0 Å². The molecule has 82 valence electrons. The lowest BCUT2D eigenvalue weighted by Crippen LogP contribution is -2.30. The van der Waals surface area contributed by atoms with E-state index < -0.39 is 0 Å². The molecule has 15 heavy (non-hydrogen) atoms. The first kappa shape index (κ1) is 10.2. The average Bonchev–Trinajstić information content (AvgIpc) is 2.90. The maximum absolute atomic E-state index is 11.5. The van der Waals surface area contributed by atoms with Crippen LogP contribution in [0.2, 0.25) is 0 Å². The topological polar surface area (TPSA) is 69.8 Å². The van der Waals surface area contributed by atoms with Crippen LogP contribution >= 0.6 is 0 Å². The minimum absolute atomic E-state index is 0.0539. The molecular formula is C10H16N4O. The summed E-state index contributed by atoms with van der Waals surface area (Å²) >= 11 is 0. The maximum atomic E-state index is 11.5. The zero-order valence-corrected chi connectivity index (χ0v) is 8.62. The third kappa shape index (κ3) is 2.79. The highest BCUT2D eigenvalue weighted by Gasteiger charge is 2.13. The molecule has 0 bridgehead atoms. The molecule has 1 aromatic rings. The Morgan fingerprint density at radius 3 is 3.27 bits per heavy atom. The van der Waals surface area contributed by atoms with Crippen LogP contribution in [0.3, 0.4) is 0 Å². The number of rotatable bonds is 4. The Hall–Kier alpha value is -1.36. The van der Waals surface area contributed by atoms with Crippen molar-refractivity contribution in [1.29, 1.82) is 0 Å². The molecule has 5 heteroatoms. The van der Waals surface area contributed by atoms with Crippen LogP contribution in [-0.4, -0.2) is 35.2 Å². The summed E-state index contributed by atoms with van der Waals surface area (Å²) in [5.41, 5.74) is 0.592. The number of hydrogen-bond acceptors (Lipinski definition) is 3. The van der Waals surface area contributed by atoms with Crippen molar-refractivity contribution in [1.82, 2.24) is 20.8 Å². The number of carbonyl (C=O) groups excluding carboxylic acids is 1. The molecule has 5 nitrogen and oxygen atoms in total. The largest absolute Gasteiger partial charge is 0.352 e. The minimum Gasteiger partial charge on any atom is -0.352 e. The molecule has 2 heterocycles. The number of H-pyrrole nitrogens is 1. The van der Waals surface area contributed by atoms with Crippen LogP contribution in [0.25, 0.3) is 0 Å². The van der Waals surface area contributed by atoms with E-state index in [-0.39, 0.29) is 5.91 Å². The van der Waals surface area contributed by atoms with Crippen LogP contribution in [0.5, 0.6) is 0 Å². The van der Waals surface area contributed by atoms with Crippen molar-refractivity contribution in [2.45, 2.75) is 25.3 Å². The second-order valence-electron chi connectivity index (χ2n) is 3.82. The van der Waals surface area contributed by atoms with E-state index in [0.29, 0.717) is 11.6 Å². The molecule has 1 amide bonds. The first-order valence-electron chi connectivity index (χ1n) is 5.36. The van der Waals surface area contributed by atoms with Crippen molar-refractivity contribution < 1.29 is 4.79 Å². The molecule has 0 aromatic carbocycles. The fourth-order valence-corrected chi connectivity index (χ4v) is 1.84. The van der Waals surface area contributed by atoms with Crippen molar-refractivity contribution in [2.24, 2.45) is 0 Å². The molecule has 0 unspecified atom stereocenters. The molecule has 1 fully saturated rings. The molecule has 1 aromatic heterocycles. The normalized spacial score (nSPS) is 20.4. The van der Waals surface area contributed by atoms with Crippen molar-refractivity contribution in [3.63, 3.8) is 0 Å². The molecule has 1 aliphatic rings. The predicted octanol–water partition coefficient (Wildman–Crippen LogP) is 0.282. The number of hydrogen-bond donors (Lipinski definition) is 3. The summed E-state index contributed by atoms with van der Waals surface area (Å²) < 4.78 is 0. The van der Waals surface area contributed by atoms with E-state index in [1.54, 1.807) is 6.20 Å². The van der Waals surface area contributed by atoms with Crippen LogP contribution in [-0.2, 0) is 0 Å². The summed E-state index contributed by atoms with van der Waals surface area (Å²) in [5, 5.41) is 12.6. The number of aromatic nitrogens is 2. The van der Waals surface area contributed by atoms with E-state index in [1.807, 2.05) is 0 Å². The van der Waals surface area contributed by atoms with Crippen LogP contribution in [0.1, 0.15) is 29.6 Å². The summed E-state index contributed by atoms with van der Waals surface area (Å²) in [6, 6.07) is 0.578. The molecule has 0 radical (unpaired) electrons. The van der Waals surface area contributed by atoms with Gasteiger partial charge in [-0.05, 0) is 25.8 Å². The van der Waals surface area contributed by atoms with Gasteiger partial charge in [-0.25, -0.2) is 0 Å². The standard InChI is InChI=1S/C10H16N4O/c15-10(8-6-13-14-7-8)12-5-3-9-2-1-4-11-9/h6-7,9,11H,1-5H2,(H,12,15)(H,13,14)/t9-/m1/s1. The molecule has 0 saturated carbocycles. The Morgan fingerprint density at radius 2 is 2.60 bits per heavy atom. The molecule has 2 rings (SSSR count). The lowest BCUT2D eigenvalue weighted by atomic mass is 10.1. The summed E-state index contributed by atoms with van der Waals surface area (Å²) in [5.74, 6) is -0.0539. The van der Waals surface area contributed by atoms with Gasteiger partial charge in [0.1, 0.15) is 0 Å². The fourth-order valence-electron chi connectivity index (χ4n) is 1.84. The van der Waals surface area contributed by atoms with Gasteiger partial charge in [-0.1, -0.05) is 0 Å². The fraction of sp³-hybridized carbons (Fsp3) is 0.600. The van der Waals surface area contributed by atoms with E-state index in [4.69, 9.17) is 0 Å². The third-order valence-electron chi connectivity index (χ3n) is 2.70. The van der Waals surface area contributed by atoms with Gasteiger partial charge in [0.25, 0.3) is 5.91 Å². The summed E-state index contributed by atoms with van der Waals surface area (Å²) in [6.45, 7) is 1.84. The predicted molar refractivity (Wildman–Crippen MR) is 56.6 cm³/mol. The number of carbonyl (C=O) groups is 1. The van der Waals surface area contributed by atoms with Gasteiger partial charge in [-0.2, -0.15) is 5.10 Å². The van der Waals surface area contributed by atoms with Crippen molar-refractivity contribution in [2.75, 3.05) is 13.1 Å². The second-order valence-corrected chi connectivity index (χ2v) is 3.82. The molecule has 0 spiro atoms. The Kier molecular flexibility index (Phi) is 3.34. The van der Waals surface area contributed by atoms with Gasteiger partial charge >= 0.3 is 0 Å².